The number of amides is 2. The van der Waals surface area contributed by atoms with Gasteiger partial charge in [0.25, 0.3) is 11.5 Å². The van der Waals surface area contributed by atoms with E-state index < -0.39 is 48.1 Å². The second kappa shape index (κ2) is 8.51. The number of hydrogen-bond acceptors (Lipinski definition) is 5. The van der Waals surface area contributed by atoms with Gasteiger partial charge in [0.2, 0.25) is 5.91 Å². The van der Waals surface area contributed by atoms with Crippen molar-refractivity contribution in [3.8, 4) is 0 Å². The van der Waals surface area contributed by atoms with Gasteiger partial charge in [-0.15, -0.1) is 0 Å². The molecule has 0 fully saturated rings. The maximum absolute atomic E-state index is 13.0. The molecule has 0 aliphatic heterocycles. The standard InChI is InChI=1S/C16H13F2N3O5/c17-11-4-3-9(6-12(11)18)21-13(22)7-20-14(23)8-26-16(25)10-2-1-5-19-15(10)24/h1-6H,7-8H2,(H,19,24)(H,20,23)(H,21,22). The maximum atomic E-state index is 13.0. The lowest BCUT2D eigenvalue weighted by Crippen LogP contribution is -2.36. The molecule has 8 nitrogen and oxygen atoms in total. The van der Waals surface area contributed by atoms with Crippen molar-refractivity contribution in [3.63, 3.8) is 0 Å². The largest absolute Gasteiger partial charge is 0.452 e. The molecule has 0 saturated heterocycles. The fraction of sp³-hybridized carbons (Fsp3) is 0.125. The number of aromatic nitrogens is 1. The number of benzene rings is 1. The number of halogens is 2. The first-order valence-electron chi connectivity index (χ1n) is 7.23. The molecule has 0 aliphatic carbocycles. The Morgan fingerprint density at radius 3 is 2.54 bits per heavy atom. The highest BCUT2D eigenvalue weighted by molar-refractivity contribution is 5.95. The van der Waals surface area contributed by atoms with Gasteiger partial charge in [-0.05, 0) is 24.3 Å². The van der Waals surface area contributed by atoms with Crippen molar-refractivity contribution in [3.05, 3.63) is 64.1 Å². The Kier molecular flexibility index (Phi) is 6.15. The van der Waals surface area contributed by atoms with Crippen LogP contribution in [0.5, 0.6) is 0 Å². The number of rotatable bonds is 6. The molecule has 10 heteroatoms. The second-order valence-corrected chi connectivity index (χ2v) is 4.94. The zero-order chi connectivity index (χ0) is 19.1. The summed E-state index contributed by atoms with van der Waals surface area (Å²) in [5.41, 5.74) is -0.918. The fourth-order valence-corrected chi connectivity index (χ4v) is 1.80. The highest BCUT2D eigenvalue weighted by atomic mass is 19.2. The molecular weight excluding hydrogens is 352 g/mol. The third kappa shape index (κ3) is 5.23. The van der Waals surface area contributed by atoms with E-state index in [9.17, 15) is 28.0 Å². The third-order valence-electron chi connectivity index (χ3n) is 3.02. The Bertz CT molecular complexity index is 897. The highest BCUT2D eigenvalue weighted by Crippen LogP contribution is 2.12. The van der Waals surface area contributed by atoms with E-state index in [2.05, 4.69) is 20.4 Å². The lowest BCUT2D eigenvalue weighted by Gasteiger charge is -2.08. The van der Waals surface area contributed by atoms with E-state index >= 15 is 0 Å². The quantitative estimate of drug-likeness (QED) is 0.647. The Labute approximate surface area is 145 Å². The third-order valence-corrected chi connectivity index (χ3v) is 3.02. The summed E-state index contributed by atoms with van der Waals surface area (Å²) in [6.07, 6.45) is 1.33. The number of hydrogen-bond donors (Lipinski definition) is 3. The molecule has 0 atom stereocenters. The Morgan fingerprint density at radius 2 is 1.85 bits per heavy atom. The topological polar surface area (TPSA) is 117 Å². The predicted octanol–water partition coefficient (Wildman–Crippen LogP) is 0.565. The van der Waals surface area contributed by atoms with Crippen molar-refractivity contribution in [2.24, 2.45) is 0 Å². The smallest absolute Gasteiger partial charge is 0.344 e. The second-order valence-electron chi connectivity index (χ2n) is 4.94. The van der Waals surface area contributed by atoms with Crippen molar-refractivity contribution in [2.45, 2.75) is 0 Å². The molecule has 0 aliphatic rings. The molecule has 3 N–H and O–H groups in total. The molecule has 1 aromatic heterocycles. The van der Waals surface area contributed by atoms with E-state index in [1.807, 2.05) is 0 Å². The summed E-state index contributed by atoms with van der Waals surface area (Å²) in [5, 5.41) is 4.42. The van der Waals surface area contributed by atoms with Crippen LogP contribution < -0.4 is 16.2 Å². The Hall–Kier alpha value is -3.56. The van der Waals surface area contributed by atoms with Gasteiger partial charge in [0.15, 0.2) is 18.2 Å². The van der Waals surface area contributed by atoms with Crippen molar-refractivity contribution in [1.82, 2.24) is 10.3 Å². The van der Waals surface area contributed by atoms with E-state index in [1.54, 1.807) is 0 Å². The van der Waals surface area contributed by atoms with Crippen molar-refractivity contribution in [2.75, 3.05) is 18.5 Å². The lowest BCUT2D eigenvalue weighted by molar-refractivity contribution is -0.126. The first-order chi connectivity index (χ1) is 12.4. The molecule has 2 aromatic rings. The van der Waals surface area contributed by atoms with Crippen LogP contribution in [0.4, 0.5) is 14.5 Å². The summed E-state index contributed by atoms with van der Waals surface area (Å²) in [6.45, 7) is -1.19. The summed E-state index contributed by atoms with van der Waals surface area (Å²) >= 11 is 0. The molecule has 2 rings (SSSR count). The minimum absolute atomic E-state index is 0.0119. The van der Waals surface area contributed by atoms with Gasteiger partial charge in [0, 0.05) is 18.0 Å². The van der Waals surface area contributed by atoms with Gasteiger partial charge in [-0.25, -0.2) is 13.6 Å². The van der Waals surface area contributed by atoms with Crippen LogP contribution in [-0.2, 0) is 14.3 Å². The van der Waals surface area contributed by atoms with Gasteiger partial charge in [0.05, 0.1) is 6.54 Å². The molecule has 0 unspecified atom stereocenters. The van der Waals surface area contributed by atoms with Gasteiger partial charge in [-0.3, -0.25) is 14.4 Å². The number of carbonyl (C=O) groups excluding carboxylic acids is 3. The fourth-order valence-electron chi connectivity index (χ4n) is 1.80. The summed E-state index contributed by atoms with van der Waals surface area (Å²) in [6, 6.07) is 5.43. The van der Waals surface area contributed by atoms with E-state index in [-0.39, 0.29) is 11.3 Å². The number of H-pyrrole nitrogens is 1. The summed E-state index contributed by atoms with van der Waals surface area (Å²) in [7, 11) is 0. The lowest BCUT2D eigenvalue weighted by atomic mass is 10.3. The van der Waals surface area contributed by atoms with Crippen LogP contribution >= 0.6 is 0 Å². The molecule has 0 bridgehead atoms. The summed E-state index contributed by atoms with van der Waals surface area (Å²) in [4.78, 5) is 48.5. The van der Waals surface area contributed by atoms with Crippen LogP contribution in [0.1, 0.15) is 10.4 Å². The average molecular weight is 365 g/mol. The van der Waals surface area contributed by atoms with Gasteiger partial charge < -0.3 is 20.4 Å². The molecule has 2 amide bonds. The maximum Gasteiger partial charge on any atom is 0.344 e. The number of anilines is 1. The number of ether oxygens (including phenoxy) is 1. The normalized spacial score (nSPS) is 10.1. The van der Waals surface area contributed by atoms with Gasteiger partial charge in [-0.1, -0.05) is 0 Å². The molecule has 136 valence electrons. The number of nitrogens with one attached hydrogen (secondary N) is 3. The van der Waals surface area contributed by atoms with Crippen LogP contribution in [-0.4, -0.2) is 35.9 Å². The van der Waals surface area contributed by atoms with Crippen molar-refractivity contribution < 1.29 is 27.9 Å². The molecule has 1 aromatic carbocycles. The van der Waals surface area contributed by atoms with Gasteiger partial charge in [-0.2, -0.15) is 0 Å². The minimum atomic E-state index is -1.13. The Balaban J connectivity index is 1.76. The first-order valence-corrected chi connectivity index (χ1v) is 7.23. The molecule has 0 spiro atoms. The van der Waals surface area contributed by atoms with E-state index in [0.29, 0.717) is 0 Å². The van der Waals surface area contributed by atoms with E-state index in [1.165, 1.54) is 18.3 Å². The Morgan fingerprint density at radius 1 is 1.08 bits per heavy atom. The summed E-state index contributed by atoms with van der Waals surface area (Å²) in [5.74, 6) is -4.67. The van der Waals surface area contributed by atoms with Crippen LogP contribution in [0.2, 0.25) is 0 Å². The average Bonchev–Trinajstić information content (AvgIpc) is 2.61. The van der Waals surface area contributed by atoms with Crippen molar-refractivity contribution >= 4 is 23.5 Å². The van der Waals surface area contributed by atoms with Crippen molar-refractivity contribution in [1.29, 1.82) is 0 Å². The highest BCUT2D eigenvalue weighted by Gasteiger charge is 2.14. The minimum Gasteiger partial charge on any atom is -0.452 e. The van der Waals surface area contributed by atoms with E-state index in [4.69, 9.17) is 0 Å². The number of carbonyl (C=O) groups is 3. The first kappa shape index (κ1) is 18.8. The van der Waals surface area contributed by atoms with Gasteiger partial charge >= 0.3 is 5.97 Å². The molecule has 26 heavy (non-hydrogen) atoms. The predicted molar refractivity (Wildman–Crippen MR) is 85.3 cm³/mol. The van der Waals surface area contributed by atoms with E-state index in [0.717, 1.165) is 18.2 Å². The number of pyridine rings is 1. The molecule has 0 radical (unpaired) electrons. The SMILES string of the molecule is O=C(COC(=O)c1ccc[nH]c1=O)NCC(=O)Nc1ccc(F)c(F)c1. The number of esters is 1. The van der Waals surface area contributed by atoms with Crippen LogP contribution in [0, 0.1) is 11.6 Å². The monoisotopic (exact) mass is 365 g/mol. The van der Waals surface area contributed by atoms with Crippen LogP contribution in [0.25, 0.3) is 0 Å². The van der Waals surface area contributed by atoms with Gasteiger partial charge in [0.1, 0.15) is 5.56 Å². The van der Waals surface area contributed by atoms with Crippen LogP contribution in [0.15, 0.2) is 41.3 Å². The zero-order valence-electron chi connectivity index (χ0n) is 13.2. The number of aromatic amines is 1. The molecular formula is C16H13F2N3O5. The molecule has 0 saturated carbocycles. The molecule has 1 heterocycles. The summed E-state index contributed by atoms with van der Waals surface area (Å²) < 4.78 is 30.5. The zero-order valence-corrected chi connectivity index (χ0v) is 13.2. The van der Waals surface area contributed by atoms with Crippen LogP contribution in [0.3, 0.4) is 0 Å².